The second kappa shape index (κ2) is 27.5. The minimum atomic E-state index is -4.01. The number of sulfonamides is 1. The SMILES string of the molecule is CC[C@H](C)[C@@H](C(=O)N1CCC[C@H]1CC(N)=O)N(C)C(=O)[C@H](CC(C)C)NC(=O)[C@H](CN)NC(=O)[C@H](CC(=O)O)NC(=O)[C@H](CC(N)=O)NC(=O)CCCNS(=O)(=O)c1ccc(Oc2ccccc2)cc1. The maximum Gasteiger partial charge on any atom is 0.305 e. The molecule has 23 nitrogen and oxygen atoms in total. The predicted molar refractivity (Wildman–Crippen MR) is 254 cm³/mol. The van der Waals surface area contributed by atoms with E-state index in [0.29, 0.717) is 37.3 Å². The first-order chi connectivity index (χ1) is 33.0. The third-order valence-electron chi connectivity index (χ3n) is 11.5. The van der Waals surface area contributed by atoms with Crippen LogP contribution in [-0.4, -0.2) is 139 Å². The van der Waals surface area contributed by atoms with Gasteiger partial charge < -0.3 is 58.1 Å². The van der Waals surface area contributed by atoms with Gasteiger partial charge in [-0.05, 0) is 73.9 Å². The molecule has 70 heavy (non-hydrogen) atoms. The molecule has 12 N–H and O–H groups in total. The average molecular weight is 1000 g/mol. The second-order valence-electron chi connectivity index (χ2n) is 17.6. The molecule has 1 saturated heterocycles. The maximum absolute atomic E-state index is 14.2. The summed E-state index contributed by atoms with van der Waals surface area (Å²) in [5.74, 6) is -7.85. The maximum atomic E-state index is 14.2. The molecular weight excluding hydrogens is 933 g/mol. The Hall–Kier alpha value is -6.66. The summed E-state index contributed by atoms with van der Waals surface area (Å²) >= 11 is 0. The van der Waals surface area contributed by atoms with E-state index < -0.39 is 113 Å². The molecule has 1 fully saturated rings. The molecule has 0 aromatic heterocycles. The van der Waals surface area contributed by atoms with E-state index in [0.717, 1.165) is 0 Å². The molecule has 8 amide bonds. The van der Waals surface area contributed by atoms with Crippen LogP contribution in [0, 0.1) is 11.8 Å². The van der Waals surface area contributed by atoms with Crippen LogP contribution in [0.15, 0.2) is 59.5 Å². The second-order valence-corrected chi connectivity index (χ2v) is 19.4. The number of para-hydroxylation sites is 1. The Bertz CT molecular complexity index is 2270. The van der Waals surface area contributed by atoms with Crippen molar-refractivity contribution in [2.24, 2.45) is 29.0 Å². The summed E-state index contributed by atoms with van der Waals surface area (Å²) in [6.07, 6.45) is -0.432. The zero-order valence-corrected chi connectivity index (χ0v) is 41.0. The Balaban J connectivity index is 1.66. The van der Waals surface area contributed by atoms with E-state index in [1.807, 2.05) is 13.0 Å². The molecule has 2 aromatic carbocycles. The van der Waals surface area contributed by atoms with Crippen LogP contribution in [0.5, 0.6) is 11.5 Å². The van der Waals surface area contributed by atoms with Crippen molar-refractivity contribution >= 4 is 63.3 Å². The first kappa shape index (κ1) is 57.7. The third-order valence-corrected chi connectivity index (χ3v) is 13.0. The fourth-order valence-electron chi connectivity index (χ4n) is 7.79. The first-order valence-corrected chi connectivity index (χ1v) is 24.5. The lowest BCUT2D eigenvalue weighted by Crippen LogP contribution is -2.61. The van der Waals surface area contributed by atoms with Crippen molar-refractivity contribution in [2.75, 3.05) is 26.7 Å². The fraction of sp³-hybridized carbons (Fsp3) is 0.543. The zero-order chi connectivity index (χ0) is 52.3. The fourth-order valence-corrected chi connectivity index (χ4v) is 8.86. The number of carboxylic acid groups (broad SMARTS) is 1. The lowest BCUT2D eigenvalue weighted by Gasteiger charge is -2.38. The Labute approximate surface area is 407 Å². The quantitative estimate of drug-likeness (QED) is 0.0468. The van der Waals surface area contributed by atoms with Gasteiger partial charge in [-0.2, -0.15) is 0 Å². The smallest absolute Gasteiger partial charge is 0.305 e. The van der Waals surface area contributed by atoms with Crippen molar-refractivity contribution in [2.45, 2.75) is 127 Å². The number of ether oxygens (including phenoxy) is 1. The van der Waals surface area contributed by atoms with Crippen LogP contribution in [-0.2, 0) is 53.2 Å². The van der Waals surface area contributed by atoms with Crippen LogP contribution in [0.25, 0.3) is 0 Å². The summed E-state index contributed by atoms with van der Waals surface area (Å²) in [5, 5.41) is 19.0. The number of rotatable bonds is 29. The number of aliphatic carboxylic acids is 1. The summed E-state index contributed by atoms with van der Waals surface area (Å²) in [5.41, 5.74) is 16.7. The number of likely N-dealkylation sites (tertiary alicyclic amines) is 1. The van der Waals surface area contributed by atoms with E-state index in [4.69, 9.17) is 21.9 Å². The summed E-state index contributed by atoms with van der Waals surface area (Å²) in [7, 11) is -2.56. The number of nitrogens with two attached hydrogens (primary N) is 3. The number of benzene rings is 2. The monoisotopic (exact) mass is 1000 g/mol. The number of nitrogens with one attached hydrogen (secondary N) is 5. The van der Waals surface area contributed by atoms with Crippen molar-refractivity contribution in [3.63, 3.8) is 0 Å². The number of hydrogen-bond acceptors (Lipinski definition) is 13. The van der Waals surface area contributed by atoms with Gasteiger partial charge in [-0.3, -0.25) is 43.2 Å². The minimum absolute atomic E-state index is 0.0304. The number of nitrogens with zero attached hydrogens (tertiary/aromatic N) is 2. The van der Waals surface area contributed by atoms with Gasteiger partial charge in [-0.25, -0.2) is 13.1 Å². The van der Waals surface area contributed by atoms with Crippen molar-refractivity contribution in [1.82, 2.24) is 35.8 Å². The molecule has 24 heteroatoms. The molecule has 1 aliphatic rings. The van der Waals surface area contributed by atoms with E-state index in [1.165, 1.54) is 36.2 Å². The Morgan fingerprint density at radius 3 is 1.93 bits per heavy atom. The van der Waals surface area contributed by atoms with Gasteiger partial charge in [0.05, 0.1) is 17.7 Å². The highest BCUT2D eigenvalue weighted by atomic mass is 32.2. The van der Waals surface area contributed by atoms with Gasteiger partial charge in [0.25, 0.3) is 0 Å². The van der Waals surface area contributed by atoms with E-state index in [1.54, 1.807) is 49.9 Å². The number of primary amides is 2. The van der Waals surface area contributed by atoms with Crippen molar-refractivity contribution in [1.29, 1.82) is 0 Å². The standard InChI is InChI=1S/C46H68N10O13S/c1-6-28(4)41(46(66)56-21-11-12-29(56)23-37(48)57)55(5)45(65)35(22-27(2)3)53-44(64)36(26-47)54-43(63)34(25-40(60)61)52-42(62)33(24-38(49)58)51-39(59)15-10-20-50-70(67,68)32-18-16-31(17-19-32)69-30-13-8-7-9-14-30/h7-9,13-14,16-19,27-29,33-36,41,50H,6,10-12,15,20-26,47H2,1-5H3,(H2,48,57)(H2,49,58)(H,51,59)(H,52,62)(H,53,64)(H,54,63)(H,60,61)/t28-,29-,33-,34-,35-,36-,41-/m0/s1. The molecule has 0 unspecified atom stereocenters. The molecule has 7 atom stereocenters. The molecule has 0 radical (unpaired) electrons. The van der Waals surface area contributed by atoms with Crippen LogP contribution in [0.1, 0.15) is 85.5 Å². The minimum Gasteiger partial charge on any atom is -0.481 e. The number of amides is 8. The van der Waals surface area contributed by atoms with Crippen molar-refractivity contribution < 1.29 is 61.4 Å². The lowest BCUT2D eigenvalue weighted by atomic mass is 9.94. The van der Waals surface area contributed by atoms with E-state index >= 15 is 0 Å². The first-order valence-electron chi connectivity index (χ1n) is 23.1. The highest BCUT2D eigenvalue weighted by molar-refractivity contribution is 7.89. The number of likely N-dealkylation sites (N-methyl/N-ethyl adjacent to an activating group) is 1. The molecule has 1 aliphatic heterocycles. The molecule has 386 valence electrons. The molecule has 2 aromatic rings. The van der Waals surface area contributed by atoms with Crippen LogP contribution in [0.3, 0.4) is 0 Å². The van der Waals surface area contributed by atoms with Gasteiger partial charge in [0.2, 0.25) is 57.3 Å². The van der Waals surface area contributed by atoms with Crippen LogP contribution < -0.4 is 47.9 Å². The van der Waals surface area contributed by atoms with Gasteiger partial charge in [0, 0.05) is 45.6 Å². The number of carbonyl (C=O) groups excluding carboxylic acids is 8. The Morgan fingerprint density at radius 1 is 0.800 bits per heavy atom. The van der Waals surface area contributed by atoms with E-state index in [-0.39, 0.29) is 54.9 Å². The number of carbonyl (C=O) groups is 9. The molecule has 0 saturated carbocycles. The normalized spacial score (nSPS) is 16.1. The van der Waals surface area contributed by atoms with Gasteiger partial charge in [0.15, 0.2) is 0 Å². The predicted octanol–water partition coefficient (Wildman–Crippen LogP) is -0.429. The topological polar surface area (TPSA) is 362 Å². The molecule has 1 heterocycles. The highest BCUT2D eigenvalue weighted by Crippen LogP contribution is 2.26. The van der Waals surface area contributed by atoms with E-state index in [2.05, 4.69) is 26.0 Å². The number of hydrogen-bond donors (Lipinski definition) is 9. The van der Waals surface area contributed by atoms with E-state index in [9.17, 15) is 56.7 Å². The summed E-state index contributed by atoms with van der Waals surface area (Å²) in [6.45, 7) is 6.87. The molecule has 0 bridgehead atoms. The summed E-state index contributed by atoms with van der Waals surface area (Å²) in [6, 6.07) is 6.68. The van der Waals surface area contributed by atoms with Crippen molar-refractivity contribution in [3.8, 4) is 11.5 Å². The molecule has 0 aliphatic carbocycles. The van der Waals surface area contributed by atoms with Gasteiger partial charge in [-0.1, -0.05) is 52.3 Å². The summed E-state index contributed by atoms with van der Waals surface area (Å²) in [4.78, 5) is 120. The Kier molecular flexibility index (Phi) is 22.7. The largest absolute Gasteiger partial charge is 0.481 e. The van der Waals surface area contributed by atoms with Crippen LogP contribution in [0.2, 0.25) is 0 Å². The molecular formula is C46H68N10O13S. The Morgan fingerprint density at radius 2 is 1.37 bits per heavy atom. The zero-order valence-electron chi connectivity index (χ0n) is 40.2. The van der Waals surface area contributed by atoms with Gasteiger partial charge in [-0.15, -0.1) is 0 Å². The highest BCUT2D eigenvalue weighted by Gasteiger charge is 2.41. The molecule has 0 spiro atoms. The van der Waals surface area contributed by atoms with Crippen molar-refractivity contribution in [3.05, 3.63) is 54.6 Å². The molecule has 3 rings (SSSR count). The lowest BCUT2D eigenvalue weighted by molar-refractivity contribution is -0.149. The van der Waals surface area contributed by atoms with Gasteiger partial charge in [0.1, 0.15) is 41.7 Å². The van der Waals surface area contributed by atoms with Crippen LogP contribution >= 0.6 is 0 Å². The third kappa shape index (κ3) is 18.0. The number of carboxylic acids is 1. The average Bonchev–Trinajstić information content (AvgIpc) is 3.76. The summed E-state index contributed by atoms with van der Waals surface area (Å²) < 4.78 is 33.8. The van der Waals surface area contributed by atoms with Crippen LogP contribution in [0.4, 0.5) is 0 Å². The van der Waals surface area contributed by atoms with Gasteiger partial charge >= 0.3 is 5.97 Å².